The Morgan fingerprint density at radius 3 is 2.56 bits per heavy atom. The Hall–Kier alpha value is -1.89. The highest BCUT2D eigenvalue weighted by Crippen LogP contribution is 2.39. The van der Waals surface area contributed by atoms with Gasteiger partial charge in [0.05, 0.1) is 6.26 Å². The molecule has 3 rings (SSSR count). The van der Waals surface area contributed by atoms with Crippen molar-refractivity contribution in [2.45, 2.75) is 5.16 Å². The molecule has 12 heteroatoms. The number of hydrogen-bond acceptors (Lipinski definition) is 10. The van der Waals surface area contributed by atoms with E-state index in [4.69, 9.17) is 0 Å². The minimum absolute atomic E-state index is 0.234. The fraction of sp³-hybridized carbons (Fsp3) is 0.154. The van der Waals surface area contributed by atoms with Crippen LogP contribution in [0, 0.1) is 0 Å². The predicted molar refractivity (Wildman–Crippen MR) is 102 cm³/mol. The van der Waals surface area contributed by atoms with Gasteiger partial charge in [0.15, 0.2) is 10.1 Å². The van der Waals surface area contributed by atoms with Crippen LogP contribution in [-0.2, 0) is 10.0 Å². The van der Waals surface area contributed by atoms with Gasteiger partial charge in [0.1, 0.15) is 5.69 Å². The highest BCUT2D eigenvalue weighted by atomic mass is 32.2. The van der Waals surface area contributed by atoms with Gasteiger partial charge in [-0.15, -0.1) is 10.2 Å². The average Bonchev–Trinajstić information content (AvgIpc) is 3.18. The summed E-state index contributed by atoms with van der Waals surface area (Å²) in [5, 5.41) is 10.1. The largest absolute Gasteiger partial charge is 0.259 e. The van der Waals surface area contributed by atoms with E-state index in [1.807, 2.05) is 36.6 Å². The van der Waals surface area contributed by atoms with E-state index < -0.39 is 10.0 Å². The van der Waals surface area contributed by atoms with E-state index in [1.54, 1.807) is 0 Å². The number of nitrogens with one attached hydrogen (secondary N) is 1. The molecule has 2 aromatic heterocycles. The van der Waals surface area contributed by atoms with Crippen molar-refractivity contribution >= 4 is 59.9 Å². The minimum Gasteiger partial charge on any atom is -0.259 e. The van der Waals surface area contributed by atoms with Crippen molar-refractivity contribution in [3.8, 4) is 11.3 Å². The maximum absolute atomic E-state index is 11.5. The van der Waals surface area contributed by atoms with Gasteiger partial charge in [0.25, 0.3) is 0 Å². The lowest BCUT2D eigenvalue weighted by Gasteiger charge is -1.97. The van der Waals surface area contributed by atoms with Crippen LogP contribution in [0.2, 0.25) is 0 Å². The third-order valence-corrected chi connectivity index (χ3v) is 5.55. The normalized spacial score (nSPS) is 11.9. The summed E-state index contributed by atoms with van der Waals surface area (Å²) in [6.45, 7) is 0. The first-order valence-corrected chi connectivity index (χ1v) is 11.5. The second-order valence-corrected chi connectivity index (χ2v) is 8.91. The molecule has 8 nitrogen and oxygen atoms in total. The molecule has 130 valence electrons. The molecule has 0 radical (unpaired) electrons. The van der Waals surface area contributed by atoms with Crippen LogP contribution in [0.15, 0.2) is 45.7 Å². The first-order chi connectivity index (χ1) is 11.9. The SMILES string of the molecule is CSc1nsc(/N=N/c2sc(NS(C)(=O)=O)nc2-c2ccccc2)n1. The number of aromatic nitrogens is 3. The molecule has 0 spiro atoms. The number of thioether (sulfide) groups is 1. The van der Waals surface area contributed by atoms with E-state index in [9.17, 15) is 8.42 Å². The Balaban J connectivity index is 1.98. The molecule has 1 aromatic carbocycles. The number of anilines is 1. The van der Waals surface area contributed by atoms with Crippen molar-refractivity contribution in [1.82, 2.24) is 14.3 Å². The standard InChI is InChI=1S/C13H12N6O2S4/c1-22-12-15-11(24-18-12)17-16-10-9(8-6-4-3-5-7-8)14-13(23-10)19-25(2,20)21/h3-7H,1-2H3,(H,14,19)/b17-16+. The van der Waals surface area contributed by atoms with Crippen LogP contribution in [0.25, 0.3) is 11.3 Å². The van der Waals surface area contributed by atoms with Gasteiger partial charge in [-0.1, -0.05) is 53.4 Å². The molecule has 0 bridgehead atoms. The highest BCUT2D eigenvalue weighted by Gasteiger charge is 2.15. The van der Waals surface area contributed by atoms with Gasteiger partial charge >= 0.3 is 0 Å². The second kappa shape index (κ2) is 7.56. The van der Waals surface area contributed by atoms with Gasteiger partial charge in [-0.05, 0) is 6.26 Å². The van der Waals surface area contributed by atoms with Crippen LogP contribution in [0.4, 0.5) is 15.3 Å². The fourth-order valence-corrected chi connectivity index (χ4v) is 4.48. The van der Waals surface area contributed by atoms with Crippen molar-refractivity contribution < 1.29 is 8.42 Å². The Bertz CT molecular complexity index is 997. The van der Waals surface area contributed by atoms with E-state index >= 15 is 0 Å². The van der Waals surface area contributed by atoms with E-state index in [0.717, 1.165) is 34.7 Å². The Kier molecular flexibility index (Phi) is 5.42. The Labute approximate surface area is 156 Å². The molecule has 25 heavy (non-hydrogen) atoms. The molecule has 0 atom stereocenters. The zero-order chi connectivity index (χ0) is 17.9. The zero-order valence-corrected chi connectivity index (χ0v) is 16.3. The average molecular weight is 413 g/mol. The third-order valence-electron chi connectivity index (χ3n) is 2.73. The molecule has 0 amide bonds. The summed E-state index contributed by atoms with van der Waals surface area (Å²) < 4.78 is 29.4. The molecule has 0 saturated heterocycles. The summed E-state index contributed by atoms with van der Waals surface area (Å²) >= 11 is 3.67. The number of hydrogen-bond donors (Lipinski definition) is 1. The quantitative estimate of drug-likeness (QED) is 0.481. The van der Waals surface area contributed by atoms with Crippen molar-refractivity contribution in [2.24, 2.45) is 10.2 Å². The highest BCUT2D eigenvalue weighted by molar-refractivity contribution is 7.98. The van der Waals surface area contributed by atoms with E-state index in [2.05, 4.69) is 29.3 Å². The van der Waals surface area contributed by atoms with Gasteiger partial charge < -0.3 is 0 Å². The minimum atomic E-state index is -3.43. The molecule has 0 aliphatic rings. The second-order valence-electron chi connectivity index (χ2n) is 4.68. The van der Waals surface area contributed by atoms with Crippen LogP contribution in [0.5, 0.6) is 0 Å². The lowest BCUT2D eigenvalue weighted by Crippen LogP contribution is -2.08. The Morgan fingerprint density at radius 2 is 1.92 bits per heavy atom. The van der Waals surface area contributed by atoms with Crippen LogP contribution < -0.4 is 4.72 Å². The van der Waals surface area contributed by atoms with Gasteiger partial charge in [0, 0.05) is 17.1 Å². The van der Waals surface area contributed by atoms with Gasteiger partial charge in [-0.2, -0.15) is 9.36 Å². The molecule has 0 aliphatic heterocycles. The predicted octanol–water partition coefficient (Wildman–Crippen LogP) is 4.17. The summed E-state index contributed by atoms with van der Waals surface area (Å²) in [6, 6.07) is 9.37. The molecular weight excluding hydrogens is 400 g/mol. The van der Waals surface area contributed by atoms with Gasteiger partial charge in [0.2, 0.25) is 20.3 Å². The summed E-state index contributed by atoms with van der Waals surface area (Å²) in [6.07, 6.45) is 2.95. The monoisotopic (exact) mass is 412 g/mol. The number of benzene rings is 1. The first-order valence-electron chi connectivity index (χ1n) is 6.78. The van der Waals surface area contributed by atoms with Gasteiger partial charge in [-0.25, -0.2) is 13.4 Å². The molecule has 2 heterocycles. The van der Waals surface area contributed by atoms with Crippen molar-refractivity contribution in [2.75, 3.05) is 17.2 Å². The maximum Gasteiger partial charge on any atom is 0.250 e. The summed E-state index contributed by atoms with van der Waals surface area (Å²) in [5.74, 6) is 0. The van der Waals surface area contributed by atoms with Gasteiger partial charge in [-0.3, -0.25) is 4.72 Å². The summed E-state index contributed by atoms with van der Waals surface area (Å²) in [7, 11) is -3.43. The zero-order valence-electron chi connectivity index (χ0n) is 13.1. The van der Waals surface area contributed by atoms with Crippen molar-refractivity contribution in [1.29, 1.82) is 0 Å². The number of thiazole rings is 1. The van der Waals surface area contributed by atoms with E-state index in [-0.39, 0.29) is 5.13 Å². The molecule has 0 fully saturated rings. The molecule has 3 aromatic rings. The summed E-state index contributed by atoms with van der Waals surface area (Å²) in [4.78, 5) is 8.53. The third kappa shape index (κ3) is 4.81. The van der Waals surface area contributed by atoms with Crippen LogP contribution in [-0.4, -0.2) is 35.3 Å². The van der Waals surface area contributed by atoms with Crippen molar-refractivity contribution in [3.05, 3.63) is 30.3 Å². The van der Waals surface area contributed by atoms with E-state index in [0.29, 0.717) is 21.0 Å². The Morgan fingerprint density at radius 1 is 1.16 bits per heavy atom. The molecule has 0 unspecified atom stereocenters. The first kappa shape index (κ1) is 17.9. The van der Waals surface area contributed by atoms with Crippen LogP contribution in [0.3, 0.4) is 0 Å². The maximum atomic E-state index is 11.5. The number of azo groups is 1. The van der Waals surface area contributed by atoms with E-state index in [1.165, 1.54) is 11.8 Å². The lowest BCUT2D eigenvalue weighted by atomic mass is 10.2. The number of nitrogens with zero attached hydrogens (tertiary/aromatic N) is 5. The number of sulfonamides is 1. The topological polar surface area (TPSA) is 110 Å². The van der Waals surface area contributed by atoms with Crippen LogP contribution in [0.1, 0.15) is 0 Å². The molecule has 1 N–H and O–H groups in total. The number of rotatable bonds is 6. The molecular formula is C13H12N6O2S4. The van der Waals surface area contributed by atoms with Crippen molar-refractivity contribution in [3.63, 3.8) is 0 Å². The van der Waals surface area contributed by atoms with Crippen LogP contribution >= 0.6 is 34.6 Å². The lowest BCUT2D eigenvalue weighted by molar-refractivity contribution is 0.607. The molecule has 0 saturated carbocycles. The smallest absolute Gasteiger partial charge is 0.250 e. The molecule has 0 aliphatic carbocycles. The fourth-order valence-electron chi connectivity index (χ4n) is 1.78. The summed E-state index contributed by atoms with van der Waals surface area (Å²) in [5.41, 5.74) is 1.37.